The van der Waals surface area contributed by atoms with Crippen molar-refractivity contribution < 1.29 is 9.90 Å². The third-order valence-electron chi connectivity index (χ3n) is 2.99. The van der Waals surface area contributed by atoms with Crippen molar-refractivity contribution in [2.45, 2.75) is 0 Å². The van der Waals surface area contributed by atoms with Crippen LogP contribution in [0.5, 0.6) is 5.75 Å². The van der Waals surface area contributed by atoms with Crippen molar-refractivity contribution in [3.05, 3.63) is 59.2 Å². The average molecular weight is 300 g/mol. The van der Waals surface area contributed by atoms with Crippen LogP contribution in [0.25, 0.3) is 16.9 Å². The van der Waals surface area contributed by atoms with Crippen molar-refractivity contribution in [2.75, 3.05) is 0 Å². The molecule has 0 saturated heterocycles. The molecular formula is C15H10ClN3O2. The molecule has 0 aliphatic rings. The van der Waals surface area contributed by atoms with Crippen LogP contribution in [0.2, 0.25) is 5.15 Å². The van der Waals surface area contributed by atoms with Crippen LogP contribution >= 0.6 is 11.6 Å². The molecule has 0 atom stereocenters. The van der Waals surface area contributed by atoms with E-state index in [-0.39, 0.29) is 16.5 Å². The zero-order chi connectivity index (χ0) is 14.8. The molecule has 104 valence electrons. The van der Waals surface area contributed by atoms with Gasteiger partial charge in [0, 0.05) is 11.6 Å². The van der Waals surface area contributed by atoms with Crippen molar-refractivity contribution in [2.24, 2.45) is 0 Å². The van der Waals surface area contributed by atoms with Gasteiger partial charge in [-0.25, -0.2) is 0 Å². The summed E-state index contributed by atoms with van der Waals surface area (Å²) in [6.45, 7) is 0. The van der Waals surface area contributed by atoms with Crippen molar-refractivity contribution in [1.29, 1.82) is 0 Å². The number of hydrogen-bond acceptors (Lipinski definition) is 4. The number of nitrogens with zero attached hydrogens (tertiary/aromatic N) is 3. The van der Waals surface area contributed by atoms with E-state index in [1.807, 2.05) is 30.3 Å². The van der Waals surface area contributed by atoms with Gasteiger partial charge in [0.1, 0.15) is 11.4 Å². The largest absolute Gasteiger partial charge is 0.507 e. The highest BCUT2D eigenvalue weighted by Crippen LogP contribution is 2.26. The highest BCUT2D eigenvalue weighted by Gasteiger charge is 2.13. The summed E-state index contributed by atoms with van der Waals surface area (Å²) in [5, 5.41) is 18.4. The Hall–Kier alpha value is -2.66. The summed E-state index contributed by atoms with van der Waals surface area (Å²) >= 11 is 6.11. The number of carbonyl (C=O) groups is 1. The summed E-state index contributed by atoms with van der Waals surface area (Å²) in [6.07, 6.45) is 0.581. The fraction of sp³-hybridized carbons (Fsp3) is 0. The maximum atomic E-state index is 10.7. The number of benzene rings is 2. The Morgan fingerprint density at radius 1 is 1.10 bits per heavy atom. The van der Waals surface area contributed by atoms with Gasteiger partial charge in [-0.2, -0.15) is 0 Å². The first kappa shape index (κ1) is 13.3. The molecule has 3 aromatic rings. The Morgan fingerprint density at radius 2 is 1.86 bits per heavy atom. The van der Waals surface area contributed by atoms with Gasteiger partial charge in [0.2, 0.25) is 0 Å². The topological polar surface area (TPSA) is 68.0 Å². The molecule has 0 bridgehead atoms. The zero-order valence-corrected chi connectivity index (χ0v) is 11.5. The number of aromatic nitrogens is 3. The lowest BCUT2D eigenvalue weighted by atomic mass is 10.2. The molecular weight excluding hydrogens is 290 g/mol. The quantitative estimate of drug-likeness (QED) is 0.755. The molecule has 1 N–H and O–H groups in total. The van der Waals surface area contributed by atoms with E-state index in [1.165, 1.54) is 16.9 Å². The fourth-order valence-electron chi connectivity index (χ4n) is 1.93. The SMILES string of the molecule is O=Cc1ccc(-n2nc(Cl)c(-c3ccccc3)n2)cc1O. The second-order valence-corrected chi connectivity index (χ2v) is 4.71. The first-order valence-electron chi connectivity index (χ1n) is 6.16. The van der Waals surface area contributed by atoms with E-state index in [2.05, 4.69) is 10.2 Å². The van der Waals surface area contributed by atoms with E-state index in [4.69, 9.17) is 11.6 Å². The lowest BCUT2D eigenvalue weighted by molar-refractivity contribution is 0.112. The lowest BCUT2D eigenvalue weighted by Gasteiger charge is -2.02. The minimum atomic E-state index is -0.128. The molecule has 21 heavy (non-hydrogen) atoms. The third kappa shape index (κ3) is 2.51. The summed E-state index contributed by atoms with van der Waals surface area (Å²) < 4.78 is 0. The van der Waals surface area contributed by atoms with Gasteiger partial charge >= 0.3 is 0 Å². The molecule has 0 saturated carbocycles. The number of carbonyl (C=O) groups excluding carboxylic acids is 1. The molecule has 5 nitrogen and oxygen atoms in total. The van der Waals surface area contributed by atoms with Gasteiger partial charge < -0.3 is 5.11 Å². The zero-order valence-electron chi connectivity index (χ0n) is 10.8. The molecule has 2 aromatic carbocycles. The smallest absolute Gasteiger partial charge is 0.179 e. The van der Waals surface area contributed by atoms with Crippen molar-refractivity contribution in [3.8, 4) is 22.7 Å². The number of hydrogen-bond donors (Lipinski definition) is 1. The van der Waals surface area contributed by atoms with Crippen LogP contribution in [0.1, 0.15) is 10.4 Å². The summed E-state index contributed by atoms with van der Waals surface area (Å²) in [4.78, 5) is 12.0. The Labute approximate surface area is 125 Å². The second kappa shape index (κ2) is 5.38. The van der Waals surface area contributed by atoms with E-state index in [9.17, 15) is 9.90 Å². The van der Waals surface area contributed by atoms with Gasteiger partial charge in [0.25, 0.3) is 0 Å². The maximum Gasteiger partial charge on any atom is 0.179 e. The first-order chi connectivity index (χ1) is 10.2. The van der Waals surface area contributed by atoms with E-state index in [0.29, 0.717) is 17.7 Å². The summed E-state index contributed by atoms with van der Waals surface area (Å²) in [6, 6.07) is 14.0. The molecule has 3 rings (SSSR count). The minimum absolute atomic E-state index is 0.128. The fourth-order valence-corrected chi connectivity index (χ4v) is 2.15. The number of aldehydes is 1. The van der Waals surface area contributed by atoms with Gasteiger partial charge in [-0.15, -0.1) is 15.0 Å². The van der Waals surface area contributed by atoms with Gasteiger partial charge in [0.15, 0.2) is 11.4 Å². The normalized spacial score (nSPS) is 10.5. The first-order valence-corrected chi connectivity index (χ1v) is 6.53. The number of halogens is 1. The molecule has 0 aliphatic carbocycles. The van der Waals surface area contributed by atoms with Gasteiger partial charge in [-0.1, -0.05) is 41.9 Å². The molecule has 0 amide bonds. The number of phenolic OH excluding ortho intramolecular Hbond substituents is 1. The van der Waals surface area contributed by atoms with Crippen LogP contribution in [0.3, 0.4) is 0 Å². The van der Waals surface area contributed by atoms with Gasteiger partial charge in [-0.05, 0) is 12.1 Å². The third-order valence-corrected chi connectivity index (χ3v) is 3.25. The molecule has 0 aliphatic heterocycles. The van der Waals surface area contributed by atoms with Gasteiger partial charge in [-0.3, -0.25) is 4.79 Å². The second-order valence-electron chi connectivity index (χ2n) is 4.36. The van der Waals surface area contributed by atoms with Crippen LogP contribution in [0.4, 0.5) is 0 Å². The molecule has 1 aromatic heterocycles. The minimum Gasteiger partial charge on any atom is -0.507 e. The number of phenols is 1. The number of aromatic hydroxyl groups is 1. The van der Waals surface area contributed by atoms with Crippen LogP contribution in [-0.4, -0.2) is 26.4 Å². The van der Waals surface area contributed by atoms with E-state index in [1.54, 1.807) is 6.07 Å². The van der Waals surface area contributed by atoms with Crippen LogP contribution in [-0.2, 0) is 0 Å². The van der Waals surface area contributed by atoms with Crippen molar-refractivity contribution in [1.82, 2.24) is 15.0 Å². The van der Waals surface area contributed by atoms with Crippen molar-refractivity contribution >= 4 is 17.9 Å². The Morgan fingerprint density at radius 3 is 2.52 bits per heavy atom. The Kier molecular flexibility index (Phi) is 3.41. The molecule has 1 heterocycles. The highest BCUT2D eigenvalue weighted by molar-refractivity contribution is 6.31. The predicted molar refractivity (Wildman–Crippen MR) is 78.9 cm³/mol. The molecule has 0 fully saturated rings. The van der Waals surface area contributed by atoms with E-state index >= 15 is 0 Å². The Bertz CT molecular complexity index is 800. The lowest BCUT2D eigenvalue weighted by Crippen LogP contribution is -1.99. The van der Waals surface area contributed by atoms with Gasteiger partial charge in [0.05, 0.1) is 11.3 Å². The predicted octanol–water partition coefficient (Wildman–Crippen LogP) is 3.11. The van der Waals surface area contributed by atoms with Crippen molar-refractivity contribution in [3.63, 3.8) is 0 Å². The molecule has 0 radical (unpaired) electrons. The average Bonchev–Trinajstić information content (AvgIpc) is 2.90. The standard InChI is InChI=1S/C15H10ClN3O2/c16-15-14(10-4-2-1-3-5-10)17-19(18-15)12-7-6-11(9-20)13(21)8-12/h1-9,21H. The molecule has 0 spiro atoms. The monoisotopic (exact) mass is 299 g/mol. The molecule has 0 unspecified atom stereocenters. The van der Waals surface area contributed by atoms with Crippen LogP contribution < -0.4 is 0 Å². The number of rotatable bonds is 3. The summed E-state index contributed by atoms with van der Waals surface area (Å²) in [7, 11) is 0. The van der Waals surface area contributed by atoms with Crippen LogP contribution in [0, 0.1) is 0 Å². The van der Waals surface area contributed by atoms with E-state index < -0.39 is 0 Å². The van der Waals surface area contributed by atoms with E-state index in [0.717, 1.165) is 5.56 Å². The summed E-state index contributed by atoms with van der Waals surface area (Å²) in [5.74, 6) is -0.128. The maximum absolute atomic E-state index is 10.7. The highest BCUT2D eigenvalue weighted by atomic mass is 35.5. The summed E-state index contributed by atoms with van der Waals surface area (Å²) in [5.41, 5.74) is 2.13. The Balaban J connectivity index is 2.05. The molecule has 6 heteroatoms. The van der Waals surface area contributed by atoms with Crippen LogP contribution in [0.15, 0.2) is 48.5 Å².